The minimum atomic E-state index is 0.213. The Bertz CT molecular complexity index is 307. The van der Waals surface area contributed by atoms with Gasteiger partial charge in [-0.3, -0.25) is 0 Å². The summed E-state index contributed by atoms with van der Waals surface area (Å²) in [5, 5.41) is 10.1. The van der Waals surface area contributed by atoms with Crippen LogP contribution in [0.15, 0.2) is 4.60 Å². The van der Waals surface area contributed by atoms with Crippen LogP contribution in [0, 0.1) is 0 Å². The third-order valence-electron chi connectivity index (χ3n) is 2.71. The van der Waals surface area contributed by atoms with Gasteiger partial charge in [-0.2, -0.15) is 0 Å². The molecule has 1 N–H and O–H groups in total. The summed E-state index contributed by atoms with van der Waals surface area (Å²) in [5.74, 6) is 0.684. The summed E-state index contributed by atoms with van der Waals surface area (Å²) in [5.41, 5.74) is 0. The van der Waals surface area contributed by atoms with Gasteiger partial charge < -0.3 is 5.11 Å². The molecule has 0 aliphatic heterocycles. The first-order valence-corrected chi connectivity index (χ1v) is 6.68. The molecule has 78 valence electrons. The molecule has 1 aliphatic rings. The van der Waals surface area contributed by atoms with Crippen LogP contribution in [0.2, 0.25) is 0 Å². The van der Waals surface area contributed by atoms with E-state index in [1.165, 1.54) is 35.6 Å². The van der Waals surface area contributed by atoms with Gasteiger partial charge in [0.15, 0.2) is 0 Å². The topological polar surface area (TPSA) is 33.1 Å². The van der Waals surface area contributed by atoms with E-state index in [0.29, 0.717) is 5.92 Å². The predicted molar refractivity (Wildman–Crippen MR) is 61.8 cm³/mol. The SMILES string of the molecule is OCCc1sc(C2CCCC2)nc1Br. The monoisotopic (exact) mass is 275 g/mol. The molecule has 1 fully saturated rings. The van der Waals surface area contributed by atoms with Gasteiger partial charge in [0.2, 0.25) is 0 Å². The van der Waals surface area contributed by atoms with Crippen LogP contribution in [0.25, 0.3) is 0 Å². The van der Waals surface area contributed by atoms with Crippen LogP contribution in [0.5, 0.6) is 0 Å². The van der Waals surface area contributed by atoms with Crippen LogP contribution >= 0.6 is 27.3 Å². The Hall–Kier alpha value is 0.0700. The van der Waals surface area contributed by atoms with Crippen LogP contribution in [0.4, 0.5) is 0 Å². The Kier molecular flexibility index (Phi) is 3.57. The number of hydrogen-bond donors (Lipinski definition) is 1. The van der Waals surface area contributed by atoms with Crippen LogP contribution in [0.1, 0.15) is 41.5 Å². The van der Waals surface area contributed by atoms with Crippen LogP contribution in [-0.2, 0) is 6.42 Å². The molecule has 0 bridgehead atoms. The van der Waals surface area contributed by atoms with E-state index in [9.17, 15) is 0 Å². The second kappa shape index (κ2) is 4.73. The first-order valence-electron chi connectivity index (χ1n) is 5.07. The number of aliphatic hydroxyl groups is 1. The van der Waals surface area contributed by atoms with E-state index in [0.717, 1.165) is 11.0 Å². The second-order valence-electron chi connectivity index (χ2n) is 3.72. The molecule has 1 aromatic heterocycles. The highest BCUT2D eigenvalue weighted by molar-refractivity contribution is 9.10. The Morgan fingerprint density at radius 3 is 2.79 bits per heavy atom. The highest BCUT2D eigenvalue weighted by Gasteiger charge is 2.21. The molecule has 0 aromatic carbocycles. The zero-order valence-electron chi connectivity index (χ0n) is 8.00. The molecule has 2 nitrogen and oxygen atoms in total. The molecule has 0 radical (unpaired) electrons. The second-order valence-corrected chi connectivity index (χ2v) is 5.59. The lowest BCUT2D eigenvalue weighted by Crippen LogP contribution is -1.89. The van der Waals surface area contributed by atoms with Gasteiger partial charge in [0.1, 0.15) is 4.60 Å². The number of nitrogens with zero attached hydrogens (tertiary/aromatic N) is 1. The molecule has 4 heteroatoms. The molecule has 0 atom stereocenters. The molecule has 1 heterocycles. The van der Waals surface area contributed by atoms with E-state index in [1.54, 1.807) is 11.3 Å². The lowest BCUT2D eigenvalue weighted by molar-refractivity contribution is 0.300. The Labute approximate surface area is 96.5 Å². The number of halogens is 1. The van der Waals surface area contributed by atoms with Crippen molar-refractivity contribution >= 4 is 27.3 Å². The molecule has 2 rings (SSSR count). The summed E-state index contributed by atoms with van der Waals surface area (Å²) in [6, 6.07) is 0. The summed E-state index contributed by atoms with van der Waals surface area (Å²) in [7, 11) is 0. The normalized spacial score (nSPS) is 17.9. The van der Waals surface area contributed by atoms with E-state index in [4.69, 9.17) is 5.11 Å². The molecule has 0 unspecified atom stereocenters. The molecule has 1 aliphatic carbocycles. The number of aromatic nitrogens is 1. The summed E-state index contributed by atoms with van der Waals surface area (Å²) >= 11 is 5.22. The van der Waals surface area contributed by atoms with Crippen molar-refractivity contribution in [1.82, 2.24) is 4.98 Å². The average molecular weight is 276 g/mol. The maximum absolute atomic E-state index is 8.88. The van der Waals surface area contributed by atoms with Crippen LogP contribution in [0.3, 0.4) is 0 Å². The minimum Gasteiger partial charge on any atom is -0.396 e. The first-order chi connectivity index (χ1) is 6.81. The number of thiazole rings is 1. The molecule has 14 heavy (non-hydrogen) atoms. The third-order valence-corrected chi connectivity index (χ3v) is 4.91. The third kappa shape index (κ3) is 2.18. The van der Waals surface area contributed by atoms with E-state index < -0.39 is 0 Å². The van der Waals surface area contributed by atoms with Gasteiger partial charge in [-0.05, 0) is 28.8 Å². The Morgan fingerprint density at radius 1 is 1.43 bits per heavy atom. The first kappa shape index (κ1) is 10.6. The van der Waals surface area contributed by atoms with Gasteiger partial charge in [0.05, 0.1) is 5.01 Å². The van der Waals surface area contributed by atoms with Crippen molar-refractivity contribution in [3.63, 3.8) is 0 Å². The smallest absolute Gasteiger partial charge is 0.120 e. The van der Waals surface area contributed by atoms with Gasteiger partial charge in [0.25, 0.3) is 0 Å². The van der Waals surface area contributed by atoms with Crippen molar-refractivity contribution in [3.8, 4) is 0 Å². The zero-order chi connectivity index (χ0) is 9.97. The van der Waals surface area contributed by atoms with Crippen molar-refractivity contribution < 1.29 is 5.11 Å². The average Bonchev–Trinajstić information content (AvgIpc) is 2.76. The van der Waals surface area contributed by atoms with E-state index in [1.807, 2.05) is 0 Å². The number of aliphatic hydroxyl groups excluding tert-OH is 1. The summed E-state index contributed by atoms with van der Waals surface area (Å²) in [4.78, 5) is 5.72. The highest BCUT2D eigenvalue weighted by atomic mass is 79.9. The lowest BCUT2D eigenvalue weighted by atomic mass is 10.1. The van der Waals surface area contributed by atoms with Gasteiger partial charge in [0, 0.05) is 23.8 Å². The Morgan fingerprint density at radius 2 is 2.14 bits per heavy atom. The Balaban J connectivity index is 2.14. The maximum atomic E-state index is 8.88. The van der Waals surface area contributed by atoms with Crippen molar-refractivity contribution in [2.24, 2.45) is 0 Å². The van der Waals surface area contributed by atoms with Crippen molar-refractivity contribution in [2.75, 3.05) is 6.61 Å². The van der Waals surface area contributed by atoms with Gasteiger partial charge in [-0.1, -0.05) is 12.8 Å². The highest BCUT2D eigenvalue weighted by Crippen LogP contribution is 2.38. The fraction of sp³-hybridized carbons (Fsp3) is 0.700. The maximum Gasteiger partial charge on any atom is 0.120 e. The van der Waals surface area contributed by atoms with Crippen molar-refractivity contribution in [1.29, 1.82) is 0 Å². The fourth-order valence-corrected chi connectivity index (χ4v) is 3.82. The quantitative estimate of drug-likeness (QED) is 0.920. The molecule has 1 saturated carbocycles. The summed E-state index contributed by atoms with van der Waals surface area (Å²) in [6.07, 6.45) is 6.00. The lowest BCUT2D eigenvalue weighted by Gasteiger charge is -2.01. The summed E-state index contributed by atoms with van der Waals surface area (Å²) in [6.45, 7) is 0.213. The zero-order valence-corrected chi connectivity index (χ0v) is 10.4. The number of rotatable bonds is 3. The van der Waals surface area contributed by atoms with E-state index in [2.05, 4.69) is 20.9 Å². The van der Waals surface area contributed by atoms with E-state index in [-0.39, 0.29) is 6.61 Å². The van der Waals surface area contributed by atoms with Gasteiger partial charge in [-0.15, -0.1) is 11.3 Å². The van der Waals surface area contributed by atoms with Crippen LogP contribution in [-0.4, -0.2) is 16.7 Å². The summed E-state index contributed by atoms with van der Waals surface area (Å²) < 4.78 is 0.943. The molecule has 0 saturated heterocycles. The predicted octanol–water partition coefficient (Wildman–Crippen LogP) is 3.10. The van der Waals surface area contributed by atoms with E-state index >= 15 is 0 Å². The van der Waals surface area contributed by atoms with Crippen molar-refractivity contribution in [3.05, 3.63) is 14.5 Å². The molecule has 1 aromatic rings. The fourth-order valence-electron chi connectivity index (χ4n) is 1.95. The van der Waals surface area contributed by atoms with Gasteiger partial charge >= 0.3 is 0 Å². The largest absolute Gasteiger partial charge is 0.396 e. The molecule has 0 spiro atoms. The van der Waals surface area contributed by atoms with Crippen molar-refractivity contribution in [2.45, 2.75) is 38.0 Å². The minimum absolute atomic E-state index is 0.213. The standard InChI is InChI=1S/C10H14BrNOS/c11-9-8(5-6-13)14-10(12-9)7-3-1-2-4-7/h7,13H,1-6H2. The van der Waals surface area contributed by atoms with Crippen LogP contribution < -0.4 is 0 Å². The number of hydrogen-bond acceptors (Lipinski definition) is 3. The molecular weight excluding hydrogens is 262 g/mol. The molecule has 0 amide bonds. The van der Waals surface area contributed by atoms with Gasteiger partial charge in [-0.25, -0.2) is 4.98 Å². The molecular formula is C10H14BrNOS.